The van der Waals surface area contributed by atoms with Gasteiger partial charge in [-0.3, -0.25) is 19.1 Å². The van der Waals surface area contributed by atoms with Crippen molar-refractivity contribution < 1.29 is 14.0 Å². The van der Waals surface area contributed by atoms with Gasteiger partial charge in [-0.2, -0.15) is 0 Å². The fourth-order valence-electron chi connectivity index (χ4n) is 4.60. The number of carbonyl (C=O) groups is 2. The molecule has 0 N–H and O–H groups in total. The smallest absolute Gasteiger partial charge is 0.408 e. The number of rotatable bonds is 6. The highest BCUT2D eigenvalue weighted by Crippen LogP contribution is 2.24. The van der Waals surface area contributed by atoms with E-state index in [9.17, 15) is 14.4 Å². The second kappa shape index (κ2) is 9.76. The van der Waals surface area contributed by atoms with Crippen LogP contribution in [0.5, 0.6) is 0 Å². The number of hydrogen-bond acceptors (Lipinski definition) is 6. The average Bonchev–Trinajstić information content (AvgIpc) is 3.18. The maximum atomic E-state index is 13.0. The van der Waals surface area contributed by atoms with Crippen LogP contribution < -0.4 is 10.7 Å². The highest BCUT2D eigenvalue weighted by Gasteiger charge is 2.21. The summed E-state index contributed by atoms with van der Waals surface area (Å²) in [5.41, 5.74) is 4.65. The first kappa shape index (κ1) is 24.0. The molecule has 1 saturated heterocycles. The normalized spacial score (nSPS) is 14.4. The van der Waals surface area contributed by atoms with Crippen molar-refractivity contribution in [1.82, 2.24) is 9.47 Å². The first-order valence-corrected chi connectivity index (χ1v) is 12.2. The summed E-state index contributed by atoms with van der Waals surface area (Å²) in [5, 5.41) is 0.563. The first-order chi connectivity index (χ1) is 17.3. The fourth-order valence-corrected chi connectivity index (χ4v) is 4.73. The topological polar surface area (TPSA) is 75.8 Å². The maximum Gasteiger partial charge on any atom is 0.421 e. The van der Waals surface area contributed by atoms with Crippen molar-refractivity contribution in [3.63, 3.8) is 0 Å². The molecule has 0 amide bonds. The molecule has 36 heavy (non-hydrogen) atoms. The lowest BCUT2D eigenvalue weighted by Crippen LogP contribution is -2.47. The molecule has 0 spiro atoms. The standard InChI is InChI=1S/C28H26ClN3O4/c1-18-15-25-26(16-24(18)27(34)21-3-7-22(29)8-4-21)36-28(35)32(25)17-30-11-13-31(14-12-30)23-9-5-20(6-10-23)19(2)33/h3-10,15-16H,11-14,17H2,1-2H3. The van der Waals surface area contributed by atoms with Crippen LogP contribution in [0.25, 0.3) is 11.1 Å². The molecule has 0 radical (unpaired) electrons. The molecule has 8 heteroatoms. The fraction of sp³-hybridized carbons (Fsp3) is 0.250. The molecule has 3 aromatic carbocycles. The monoisotopic (exact) mass is 503 g/mol. The van der Waals surface area contributed by atoms with E-state index in [2.05, 4.69) is 9.80 Å². The van der Waals surface area contributed by atoms with Gasteiger partial charge >= 0.3 is 5.76 Å². The molecule has 1 aliphatic rings. The Bertz CT molecular complexity index is 1500. The molecule has 0 atom stereocenters. The Labute approximate surface area is 213 Å². The number of carbonyl (C=O) groups excluding carboxylic acids is 2. The van der Waals surface area contributed by atoms with Gasteiger partial charge in [0.25, 0.3) is 0 Å². The quantitative estimate of drug-likeness (QED) is 0.353. The van der Waals surface area contributed by atoms with Crippen molar-refractivity contribution in [2.75, 3.05) is 31.1 Å². The molecule has 5 rings (SSSR count). The van der Waals surface area contributed by atoms with Gasteiger partial charge in [-0.1, -0.05) is 11.6 Å². The second-order valence-electron chi connectivity index (χ2n) is 9.12. The summed E-state index contributed by atoms with van der Waals surface area (Å²) in [5.74, 6) is -0.530. The Hall–Kier alpha value is -3.68. The van der Waals surface area contributed by atoms with Crippen LogP contribution in [0, 0.1) is 6.92 Å². The molecule has 0 bridgehead atoms. The summed E-state index contributed by atoms with van der Waals surface area (Å²) in [6.07, 6.45) is 0. The first-order valence-electron chi connectivity index (χ1n) is 11.8. The van der Waals surface area contributed by atoms with Crippen molar-refractivity contribution in [2.45, 2.75) is 20.5 Å². The van der Waals surface area contributed by atoms with E-state index in [0.717, 1.165) is 37.4 Å². The number of ketones is 2. The van der Waals surface area contributed by atoms with Gasteiger partial charge in [0.15, 0.2) is 17.1 Å². The van der Waals surface area contributed by atoms with Crippen LogP contribution in [0.4, 0.5) is 5.69 Å². The molecule has 0 unspecified atom stereocenters. The van der Waals surface area contributed by atoms with Crippen molar-refractivity contribution in [1.29, 1.82) is 0 Å². The number of hydrogen-bond donors (Lipinski definition) is 0. The van der Waals surface area contributed by atoms with Crippen LogP contribution in [-0.2, 0) is 6.67 Å². The number of Topliss-reactive ketones (excluding diaryl/α,β-unsaturated/α-hetero) is 1. The minimum absolute atomic E-state index is 0.0563. The Morgan fingerprint density at radius 1 is 0.917 bits per heavy atom. The number of aryl methyl sites for hydroxylation is 1. The van der Waals surface area contributed by atoms with E-state index in [1.165, 1.54) is 0 Å². The average molecular weight is 504 g/mol. The van der Waals surface area contributed by atoms with E-state index in [0.29, 0.717) is 39.5 Å². The third-order valence-corrected chi connectivity index (χ3v) is 6.97. The van der Waals surface area contributed by atoms with Gasteiger partial charge in [0, 0.05) is 53.6 Å². The molecular formula is C28H26ClN3O4. The lowest BCUT2D eigenvalue weighted by Gasteiger charge is -2.36. The molecule has 7 nitrogen and oxygen atoms in total. The van der Waals surface area contributed by atoms with E-state index in [1.807, 2.05) is 37.3 Å². The zero-order valence-electron chi connectivity index (χ0n) is 20.2. The van der Waals surface area contributed by atoms with Gasteiger partial charge < -0.3 is 9.32 Å². The molecule has 0 aliphatic carbocycles. The van der Waals surface area contributed by atoms with Crippen LogP contribution >= 0.6 is 11.6 Å². The van der Waals surface area contributed by atoms with Gasteiger partial charge in [0.2, 0.25) is 0 Å². The molecular weight excluding hydrogens is 478 g/mol. The number of nitrogens with zero attached hydrogens (tertiary/aromatic N) is 3. The van der Waals surface area contributed by atoms with Gasteiger partial charge in [-0.15, -0.1) is 0 Å². The molecule has 1 fully saturated rings. The summed E-state index contributed by atoms with van der Waals surface area (Å²) < 4.78 is 7.15. The summed E-state index contributed by atoms with van der Waals surface area (Å²) >= 11 is 5.95. The van der Waals surface area contributed by atoms with Crippen molar-refractivity contribution in [3.8, 4) is 0 Å². The number of aromatic nitrogens is 1. The van der Waals surface area contributed by atoms with Gasteiger partial charge in [-0.25, -0.2) is 4.79 Å². The van der Waals surface area contributed by atoms with E-state index in [4.69, 9.17) is 16.0 Å². The second-order valence-corrected chi connectivity index (χ2v) is 9.55. The lowest BCUT2D eigenvalue weighted by atomic mass is 9.98. The van der Waals surface area contributed by atoms with Crippen LogP contribution in [0.1, 0.15) is 38.8 Å². The molecule has 1 aromatic heterocycles. The van der Waals surface area contributed by atoms with E-state index < -0.39 is 5.76 Å². The molecule has 0 saturated carbocycles. The van der Waals surface area contributed by atoms with Crippen molar-refractivity contribution >= 4 is 40.0 Å². The highest BCUT2D eigenvalue weighted by atomic mass is 35.5. The number of piperazine rings is 1. The van der Waals surface area contributed by atoms with Crippen LogP contribution in [0.2, 0.25) is 5.02 Å². The third-order valence-electron chi connectivity index (χ3n) is 6.72. The third kappa shape index (κ3) is 4.72. The molecule has 184 valence electrons. The maximum absolute atomic E-state index is 13.0. The number of halogens is 1. The van der Waals surface area contributed by atoms with Crippen LogP contribution in [0.3, 0.4) is 0 Å². The number of anilines is 1. The SMILES string of the molecule is CC(=O)c1ccc(N2CCN(Cn3c(=O)oc4cc(C(=O)c5ccc(Cl)cc5)c(C)cc43)CC2)cc1. The minimum atomic E-state index is -0.442. The summed E-state index contributed by atoms with van der Waals surface area (Å²) in [7, 11) is 0. The van der Waals surface area contributed by atoms with E-state index in [-0.39, 0.29) is 11.6 Å². The van der Waals surface area contributed by atoms with Gasteiger partial charge in [-0.05, 0) is 80.1 Å². The predicted octanol–water partition coefficient (Wildman–Crippen LogP) is 4.77. The van der Waals surface area contributed by atoms with Crippen molar-refractivity contribution in [3.05, 3.63) is 98.5 Å². The zero-order chi connectivity index (χ0) is 25.4. The molecule has 1 aliphatic heterocycles. The predicted molar refractivity (Wildman–Crippen MR) is 140 cm³/mol. The highest BCUT2D eigenvalue weighted by molar-refractivity contribution is 6.30. The zero-order valence-corrected chi connectivity index (χ0v) is 20.9. The Morgan fingerprint density at radius 2 is 1.56 bits per heavy atom. The minimum Gasteiger partial charge on any atom is -0.408 e. The summed E-state index contributed by atoms with van der Waals surface area (Å²) in [6.45, 7) is 7.01. The molecule has 4 aromatic rings. The Balaban J connectivity index is 1.31. The Morgan fingerprint density at radius 3 is 2.19 bits per heavy atom. The van der Waals surface area contributed by atoms with E-state index in [1.54, 1.807) is 41.8 Å². The molecule has 2 heterocycles. The van der Waals surface area contributed by atoms with Gasteiger partial charge in [0.05, 0.1) is 12.2 Å². The number of benzene rings is 3. The van der Waals surface area contributed by atoms with Crippen LogP contribution in [-0.4, -0.2) is 47.2 Å². The van der Waals surface area contributed by atoms with Crippen molar-refractivity contribution in [2.24, 2.45) is 0 Å². The number of fused-ring (bicyclic) bond motifs is 1. The van der Waals surface area contributed by atoms with Gasteiger partial charge in [0.1, 0.15) is 0 Å². The largest absolute Gasteiger partial charge is 0.421 e. The lowest BCUT2D eigenvalue weighted by molar-refractivity contribution is 0.101. The Kier molecular flexibility index (Phi) is 6.51. The summed E-state index contributed by atoms with van der Waals surface area (Å²) in [6, 6.07) is 17.9. The van der Waals surface area contributed by atoms with Crippen LogP contribution in [0.15, 0.2) is 69.9 Å². The number of oxazole rings is 1. The van der Waals surface area contributed by atoms with E-state index >= 15 is 0 Å². The summed E-state index contributed by atoms with van der Waals surface area (Å²) in [4.78, 5) is 41.7.